The number of ether oxygens (including phenoxy) is 2. The molecule has 0 bridgehead atoms. The van der Waals surface area contributed by atoms with Crippen molar-refractivity contribution in [2.24, 2.45) is 0 Å². The van der Waals surface area contributed by atoms with Crippen molar-refractivity contribution in [3.63, 3.8) is 0 Å². The number of hydrogen-bond donors (Lipinski definition) is 1. The van der Waals surface area contributed by atoms with Crippen LogP contribution in [0.5, 0.6) is 5.75 Å². The van der Waals surface area contributed by atoms with Crippen LogP contribution in [0.1, 0.15) is 33.5 Å². The first kappa shape index (κ1) is 28.2. The van der Waals surface area contributed by atoms with Crippen molar-refractivity contribution in [3.05, 3.63) is 82.9 Å². The van der Waals surface area contributed by atoms with E-state index in [1.54, 1.807) is 24.3 Å². The van der Waals surface area contributed by atoms with Crippen LogP contribution in [0.2, 0.25) is 0 Å². The van der Waals surface area contributed by atoms with Gasteiger partial charge in [0.25, 0.3) is 15.9 Å². The molecular weight excluding hydrogens is 506 g/mol. The molecular formula is C28H29N3O6S. The van der Waals surface area contributed by atoms with Gasteiger partial charge in [0, 0.05) is 17.9 Å². The minimum atomic E-state index is -4.11. The van der Waals surface area contributed by atoms with Gasteiger partial charge in [0.2, 0.25) is 0 Å². The minimum Gasteiger partial charge on any atom is -0.495 e. The summed E-state index contributed by atoms with van der Waals surface area (Å²) in [5.41, 5.74) is 3.72. The number of carbonyl (C=O) groups is 2. The second-order valence-corrected chi connectivity index (χ2v) is 10.4. The Balaban J connectivity index is 1.79. The number of nitrogens with one attached hydrogen (secondary N) is 1. The number of aryl methyl sites for hydroxylation is 3. The highest BCUT2D eigenvalue weighted by Gasteiger charge is 2.24. The zero-order valence-corrected chi connectivity index (χ0v) is 22.5. The predicted molar refractivity (Wildman–Crippen MR) is 144 cm³/mol. The van der Waals surface area contributed by atoms with E-state index in [-0.39, 0.29) is 29.2 Å². The molecule has 0 aliphatic heterocycles. The lowest BCUT2D eigenvalue weighted by atomic mass is 10.1. The average molecular weight is 536 g/mol. The summed E-state index contributed by atoms with van der Waals surface area (Å²) < 4.78 is 39.1. The summed E-state index contributed by atoms with van der Waals surface area (Å²) in [5.74, 6) is -1.36. The number of rotatable bonds is 10. The first-order valence-corrected chi connectivity index (χ1v) is 13.2. The largest absolute Gasteiger partial charge is 0.495 e. The maximum atomic E-state index is 13.1. The minimum absolute atomic E-state index is 0.0368. The van der Waals surface area contributed by atoms with E-state index in [9.17, 15) is 18.0 Å². The van der Waals surface area contributed by atoms with Crippen LogP contribution in [0.4, 0.5) is 11.4 Å². The Morgan fingerprint density at radius 2 is 1.61 bits per heavy atom. The third-order valence-corrected chi connectivity index (χ3v) is 6.99. The first-order chi connectivity index (χ1) is 18.0. The smallest absolute Gasteiger partial charge is 0.338 e. The SMILES string of the molecule is COc1ccc(C(=O)OCC(=O)N(CCC#N)c2cc(C)cc(C)c2)cc1S(=O)(=O)Nc1ccc(C)cc1. The molecule has 0 atom stereocenters. The number of carbonyl (C=O) groups excluding carboxylic acids is 2. The van der Waals surface area contributed by atoms with Gasteiger partial charge in [-0.15, -0.1) is 0 Å². The van der Waals surface area contributed by atoms with Crippen LogP contribution in [-0.2, 0) is 19.6 Å². The second-order valence-electron chi connectivity index (χ2n) is 8.71. The zero-order valence-electron chi connectivity index (χ0n) is 21.6. The zero-order chi connectivity index (χ0) is 27.9. The fourth-order valence-corrected chi connectivity index (χ4v) is 5.05. The van der Waals surface area contributed by atoms with Gasteiger partial charge in [-0.3, -0.25) is 9.52 Å². The van der Waals surface area contributed by atoms with Crippen LogP contribution < -0.4 is 14.4 Å². The Kier molecular flexibility index (Phi) is 9.10. The Morgan fingerprint density at radius 3 is 2.21 bits per heavy atom. The van der Waals surface area contributed by atoms with Crippen molar-refractivity contribution < 1.29 is 27.5 Å². The quantitative estimate of drug-likeness (QED) is 0.378. The molecule has 198 valence electrons. The molecule has 10 heteroatoms. The van der Waals surface area contributed by atoms with Crippen LogP contribution in [-0.4, -0.2) is 40.6 Å². The van der Waals surface area contributed by atoms with E-state index in [4.69, 9.17) is 14.7 Å². The molecule has 0 aromatic heterocycles. The number of methoxy groups -OCH3 is 1. The molecule has 3 rings (SSSR count). The molecule has 0 spiro atoms. The number of esters is 1. The van der Waals surface area contributed by atoms with Gasteiger partial charge in [0.1, 0.15) is 10.6 Å². The summed E-state index contributed by atoms with van der Waals surface area (Å²) in [6.45, 7) is 5.21. The first-order valence-electron chi connectivity index (χ1n) is 11.7. The van der Waals surface area contributed by atoms with Gasteiger partial charge < -0.3 is 14.4 Å². The highest BCUT2D eigenvalue weighted by atomic mass is 32.2. The van der Waals surface area contributed by atoms with Crippen LogP contribution in [0.25, 0.3) is 0 Å². The molecule has 0 heterocycles. The average Bonchev–Trinajstić information content (AvgIpc) is 2.87. The number of sulfonamides is 1. The summed E-state index contributed by atoms with van der Waals surface area (Å²) in [5, 5.41) is 9.02. The number of benzene rings is 3. The molecule has 0 aliphatic carbocycles. The van der Waals surface area contributed by atoms with Crippen LogP contribution in [0, 0.1) is 32.1 Å². The molecule has 0 saturated carbocycles. The molecule has 1 N–H and O–H groups in total. The maximum Gasteiger partial charge on any atom is 0.338 e. The molecule has 0 radical (unpaired) electrons. The lowest BCUT2D eigenvalue weighted by Gasteiger charge is -2.22. The summed E-state index contributed by atoms with van der Waals surface area (Å²) in [7, 11) is -2.79. The Hall–Kier alpha value is -4.36. The van der Waals surface area contributed by atoms with Gasteiger partial charge in [0.15, 0.2) is 6.61 Å². The molecule has 0 unspecified atom stereocenters. The van der Waals surface area contributed by atoms with E-state index in [0.29, 0.717) is 11.4 Å². The standard InChI is InChI=1S/C28H29N3O6S/c1-19-6-9-23(10-7-19)30-38(34,35)26-17-22(8-11-25(26)36-4)28(33)37-18-27(32)31(13-5-12-29)24-15-20(2)14-21(3)16-24/h6-11,14-17,30H,5,13,18H2,1-4H3. The highest BCUT2D eigenvalue weighted by Crippen LogP contribution is 2.28. The Morgan fingerprint density at radius 1 is 0.947 bits per heavy atom. The fraction of sp³-hybridized carbons (Fsp3) is 0.250. The van der Waals surface area contributed by atoms with E-state index >= 15 is 0 Å². The van der Waals surface area contributed by atoms with Crippen molar-refractivity contribution in [2.75, 3.05) is 29.9 Å². The van der Waals surface area contributed by atoms with E-state index in [1.165, 1.54) is 24.1 Å². The molecule has 38 heavy (non-hydrogen) atoms. The normalized spacial score (nSPS) is 10.8. The third kappa shape index (κ3) is 7.11. The van der Waals surface area contributed by atoms with Gasteiger partial charge in [-0.1, -0.05) is 23.8 Å². The molecule has 3 aromatic carbocycles. The fourth-order valence-electron chi connectivity index (χ4n) is 3.80. The summed E-state index contributed by atoms with van der Waals surface area (Å²) >= 11 is 0. The van der Waals surface area contributed by atoms with Gasteiger partial charge in [0.05, 0.1) is 25.2 Å². The van der Waals surface area contributed by atoms with Crippen molar-refractivity contribution in [1.29, 1.82) is 5.26 Å². The van der Waals surface area contributed by atoms with Gasteiger partial charge in [-0.25, -0.2) is 13.2 Å². The van der Waals surface area contributed by atoms with Crippen molar-refractivity contribution in [3.8, 4) is 11.8 Å². The van der Waals surface area contributed by atoms with Gasteiger partial charge in [-0.05, 0) is 74.4 Å². The molecule has 9 nitrogen and oxygen atoms in total. The van der Waals surface area contributed by atoms with Crippen molar-refractivity contribution in [2.45, 2.75) is 32.1 Å². The number of nitrogens with zero attached hydrogens (tertiary/aromatic N) is 2. The predicted octanol–water partition coefficient (Wildman–Crippen LogP) is 4.52. The Labute approximate surface area is 222 Å². The lowest BCUT2D eigenvalue weighted by Crippen LogP contribution is -2.35. The molecule has 0 aliphatic rings. The van der Waals surface area contributed by atoms with Crippen molar-refractivity contribution in [1.82, 2.24) is 0 Å². The summed E-state index contributed by atoms with van der Waals surface area (Å²) in [4.78, 5) is 26.9. The van der Waals surface area contributed by atoms with Crippen molar-refractivity contribution >= 4 is 33.3 Å². The molecule has 0 saturated heterocycles. The van der Waals surface area contributed by atoms with E-state index in [2.05, 4.69) is 4.72 Å². The summed E-state index contributed by atoms with van der Waals surface area (Å²) in [6.07, 6.45) is 0.0976. The summed E-state index contributed by atoms with van der Waals surface area (Å²) in [6, 6.07) is 18.2. The van der Waals surface area contributed by atoms with E-state index in [1.807, 2.05) is 45.0 Å². The van der Waals surface area contributed by atoms with Crippen LogP contribution in [0.15, 0.2) is 65.6 Å². The monoisotopic (exact) mass is 535 g/mol. The number of hydrogen-bond acceptors (Lipinski definition) is 7. The number of nitriles is 1. The molecule has 3 aromatic rings. The maximum absolute atomic E-state index is 13.1. The highest BCUT2D eigenvalue weighted by molar-refractivity contribution is 7.92. The third-order valence-electron chi connectivity index (χ3n) is 5.59. The van der Waals surface area contributed by atoms with Gasteiger partial charge in [-0.2, -0.15) is 5.26 Å². The number of amides is 1. The molecule has 1 amide bonds. The van der Waals surface area contributed by atoms with E-state index < -0.39 is 28.5 Å². The van der Waals surface area contributed by atoms with Crippen LogP contribution >= 0.6 is 0 Å². The Bertz CT molecular complexity index is 1460. The van der Waals surface area contributed by atoms with Crippen LogP contribution in [0.3, 0.4) is 0 Å². The van der Waals surface area contributed by atoms with E-state index in [0.717, 1.165) is 22.8 Å². The van der Waals surface area contributed by atoms with Gasteiger partial charge >= 0.3 is 5.97 Å². The topological polar surface area (TPSA) is 126 Å². The number of anilines is 2. The lowest BCUT2D eigenvalue weighted by molar-refractivity contribution is -0.121. The second kappa shape index (κ2) is 12.3. The molecule has 0 fully saturated rings.